The molecule has 3 aromatic rings. The van der Waals surface area contributed by atoms with Crippen LogP contribution < -0.4 is 5.73 Å². The fourth-order valence-electron chi connectivity index (χ4n) is 1.70. The Labute approximate surface area is 132 Å². The topological polar surface area (TPSA) is 69.6 Å². The molecule has 0 fully saturated rings. The van der Waals surface area contributed by atoms with Crippen molar-refractivity contribution in [2.24, 2.45) is 0 Å². The summed E-state index contributed by atoms with van der Waals surface area (Å²) in [5.74, 6) is -0.384. The number of aromatic nitrogens is 4. The minimum absolute atomic E-state index is 0.326. The normalized spacial score (nSPS) is 10.8. The lowest BCUT2D eigenvalue weighted by atomic mass is 10.3. The molecule has 5 nitrogen and oxygen atoms in total. The van der Waals surface area contributed by atoms with Gasteiger partial charge in [0.1, 0.15) is 5.82 Å². The van der Waals surface area contributed by atoms with Gasteiger partial charge in [0.15, 0.2) is 0 Å². The third kappa shape index (κ3) is 2.91. The zero-order valence-electron chi connectivity index (χ0n) is 10.6. The fourth-order valence-corrected chi connectivity index (χ4v) is 2.91. The summed E-state index contributed by atoms with van der Waals surface area (Å²) in [6.45, 7) is 0. The van der Waals surface area contributed by atoms with Gasteiger partial charge in [-0.3, -0.25) is 0 Å². The molecule has 0 unspecified atom stereocenters. The lowest BCUT2D eigenvalue weighted by Gasteiger charge is -2.07. The summed E-state index contributed by atoms with van der Waals surface area (Å²) in [5, 5.41) is 12.1. The number of anilines is 1. The van der Waals surface area contributed by atoms with Crippen LogP contribution in [0.5, 0.6) is 0 Å². The standard InChI is InChI=1S/C13H9BrFN5S/c14-9-6-11(16)12(7-10(9)15)21-13-17-18-19-20(13)8-4-2-1-3-5-8/h1-7H,16H2. The van der Waals surface area contributed by atoms with E-state index in [2.05, 4.69) is 31.5 Å². The highest BCUT2D eigenvalue weighted by Gasteiger charge is 2.13. The molecule has 8 heteroatoms. The van der Waals surface area contributed by atoms with Crippen molar-refractivity contribution in [3.05, 3.63) is 52.8 Å². The predicted octanol–water partition coefficient (Wildman–Crippen LogP) is 3.30. The highest BCUT2D eigenvalue weighted by Crippen LogP contribution is 2.34. The number of hydrogen-bond acceptors (Lipinski definition) is 5. The molecule has 3 rings (SSSR count). The summed E-state index contributed by atoms with van der Waals surface area (Å²) < 4.78 is 15.5. The van der Waals surface area contributed by atoms with E-state index >= 15 is 0 Å². The summed E-state index contributed by atoms with van der Waals surface area (Å²) in [4.78, 5) is 0.558. The molecule has 1 aromatic heterocycles. The van der Waals surface area contributed by atoms with Crippen LogP contribution in [0.25, 0.3) is 5.69 Å². The van der Waals surface area contributed by atoms with Crippen molar-refractivity contribution in [2.45, 2.75) is 10.1 Å². The second kappa shape index (κ2) is 5.82. The van der Waals surface area contributed by atoms with Gasteiger partial charge in [-0.2, -0.15) is 4.68 Å². The third-order valence-electron chi connectivity index (χ3n) is 2.70. The summed E-state index contributed by atoms with van der Waals surface area (Å²) in [5.41, 5.74) is 7.18. The van der Waals surface area contributed by atoms with Gasteiger partial charge < -0.3 is 5.73 Å². The highest BCUT2D eigenvalue weighted by molar-refractivity contribution is 9.10. The van der Waals surface area contributed by atoms with Crippen LogP contribution in [0.3, 0.4) is 0 Å². The zero-order chi connectivity index (χ0) is 14.8. The van der Waals surface area contributed by atoms with Crippen molar-refractivity contribution in [1.29, 1.82) is 0 Å². The highest BCUT2D eigenvalue weighted by atomic mass is 79.9. The molecule has 0 aliphatic heterocycles. The van der Waals surface area contributed by atoms with Crippen LogP contribution in [-0.4, -0.2) is 20.2 Å². The maximum Gasteiger partial charge on any atom is 0.218 e. The van der Waals surface area contributed by atoms with Crippen LogP contribution >= 0.6 is 27.7 Å². The van der Waals surface area contributed by atoms with Crippen LogP contribution in [0.4, 0.5) is 10.1 Å². The Hall–Kier alpha value is -1.93. The van der Waals surface area contributed by atoms with E-state index in [0.717, 1.165) is 5.69 Å². The van der Waals surface area contributed by atoms with Crippen LogP contribution in [-0.2, 0) is 0 Å². The molecular weight excluding hydrogens is 357 g/mol. The Morgan fingerprint density at radius 2 is 1.95 bits per heavy atom. The summed E-state index contributed by atoms with van der Waals surface area (Å²) in [6.07, 6.45) is 0. The largest absolute Gasteiger partial charge is 0.398 e. The average Bonchev–Trinajstić information content (AvgIpc) is 2.94. The van der Waals surface area contributed by atoms with E-state index in [4.69, 9.17) is 5.73 Å². The smallest absolute Gasteiger partial charge is 0.218 e. The van der Waals surface area contributed by atoms with Crippen molar-refractivity contribution in [3.63, 3.8) is 0 Å². The van der Waals surface area contributed by atoms with Crippen molar-refractivity contribution in [1.82, 2.24) is 20.2 Å². The molecular formula is C13H9BrFN5S. The lowest BCUT2D eigenvalue weighted by Crippen LogP contribution is -1.99. The Morgan fingerprint density at radius 1 is 1.19 bits per heavy atom. The summed E-state index contributed by atoms with van der Waals surface area (Å²) >= 11 is 4.31. The quantitative estimate of drug-likeness (QED) is 0.721. The number of halogens is 2. The summed E-state index contributed by atoms with van der Waals surface area (Å²) in [7, 11) is 0. The van der Waals surface area contributed by atoms with Crippen molar-refractivity contribution < 1.29 is 4.39 Å². The molecule has 0 spiro atoms. The lowest BCUT2D eigenvalue weighted by molar-refractivity contribution is 0.618. The Morgan fingerprint density at radius 3 is 2.71 bits per heavy atom. The number of nitrogens with two attached hydrogens (primary N) is 1. The first-order valence-electron chi connectivity index (χ1n) is 5.91. The molecule has 0 amide bonds. The average molecular weight is 366 g/mol. The van der Waals surface area contributed by atoms with Crippen molar-refractivity contribution in [2.75, 3.05) is 5.73 Å². The third-order valence-corrected chi connectivity index (χ3v) is 4.31. The van der Waals surface area contributed by atoms with Crippen molar-refractivity contribution >= 4 is 33.4 Å². The first kappa shape index (κ1) is 14.0. The molecule has 21 heavy (non-hydrogen) atoms. The first-order chi connectivity index (χ1) is 10.1. The van der Waals surface area contributed by atoms with E-state index in [1.807, 2.05) is 30.3 Å². The van der Waals surface area contributed by atoms with Gasteiger partial charge in [0.2, 0.25) is 5.16 Å². The van der Waals surface area contributed by atoms with Gasteiger partial charge in [-0.25, -0.2) is 4.39 Å². The van der Waals surface area contributed by atoms with E-state index in [0.29, 0.717) is 20.2 Å². The maximum atomic E-state index is 13.6. The Balaban J connectivity index is 1.97. The van der Waals surface area contributed by atoms with Gasteiger partial charge in [-0.15, -0.1) is 5.10 Å². The van der Waals surface area contributed by atoms with Gasteiger partial charge in [0.05, 0.1) is 10.2 Å². The minimum Gasteiger partial charge on any atom is -0.398 e. The molecule has 1 heterocycles. The molecule has 2 N–H and O–H groups in total. The Kier molecular flexibility index (Phi) is 3.89. The number of hydrogen-bond donors (Lipinski definition) is 1. The van der Waals surface area contributed by atoms with Gasteiger partial charge in [0.25, 0.3) is 0 Å². The molecule has 0 saturated heterocycles. The number of tetrazole rings is 1. The molecule has 106 valence electrons. The second-order valence-electron chi connectivity index (χ2n) is 4.12. The summed E-state index contributed by atoms with van der Waals surface area (Å²) in [6, 6.07) is 12.3. The molecule has 0 bridgehead atoms. The van der Waals surface area contributed by atoms with Gasteiger partial charge in [0, 0.05) is 10.6 Å². The molecule has 0 radical (unpaired) electrons. The maximum absolute atomic E-state index is 13.6. The number of nitrogen functional groups attached to an aromatic ring is 1. The molecule has 2 aromatic carbocycles. The van der Waals surface area contributed by atoms with Crippen LogP contribution in [0.15, 0.2) is 57.0 Å². The number of rotatable bonds is 3. The SMILES string of the molecule is Nc1cc(Br)c(F)cc1Sc1nnnn1-c1ccccc1. The van der Waals surface area contributed by atoms with E-state index in [1.54, 1.807) is 4.68 Å². The predicted molar refractivity (Wildman–Crippen MR) is 81.8 cm³/mol. The van der Waals surface area contributed by atoms with Gasteiger partial charge in [-0.1, -0.05) is 18.2 Å². The van der Waals surface area contributed by atoms with E-state index in [1.165, 1.54) is 23.9 Å². The number of para-hydroxylation sites is 1. The second-order valence-corrected chi connectivity index (χ2v) is 5.98. The Bertz CT molecular complexity index is 777. The number of nitrogens with zero attached hydrogens (tertiary/aromatic N) is 4. The number of benzene rings is 2. The van der Waals surface area contributed by atoms with Crippen LogP contribution in [0.1, 0.15) is 0 Å². The molecule has 0 aliphatic carbocycles. The minimum atomic E-state index is -0.384. The fraction of sp³-hybridized carbons (Fsp3) is 0. The first-order valence-corrected chi connectivity index (χ1v) is 7.52. The van der Waals surface area contributed by atoms with Crippen LogP contribution in [0, 0.1) is 5.82 Å². The molecule has 0 saturated carbocycles. The van der Waals surface area contributed by atoms with E-state index in [-0.39, 0.29) is 5.82 Å². The van der Waals surface area contributed by atoms with E-state index < -0.39 is 0 Å². The monoisotopic (exact) mass is 365 g/mol. The molecule has 0 atom stereocenters. The van der Waals surface area contributed by atoms with E-state index in [9.17, 15) is 4.39 Å². The van der Waals surface area contributed by atoms with Crippen molar-refractivity contribution in [3.8, 4) is 5.69 Å². The van der Waals surface area contributed by atoms with Crippen LogP contribution in [0.2, 0.25) is 0 Å². The van der Waals surface area contributed by atoms with Gasteiger partial charge in [-0.05, 0) is 62.4 Å². The van der Waals surface area contributed by atoms with Gasteiger partial charge >= 0.3 is 0 Å². The molecule has 0 aliphatic rings. The zero-order valence-corrected chi connectivity index (χ0v) is 13.0.